The molecule has 1 N–H and O–H groups in total. The second kappa shape index (κ2) is 5.85. The third-order valence-corrected chi connectivity index (χ3v) is 4.02. The first kappa shape index (κ1) is 14.1. The lowest BCUT2D eigenvalue weighted by molar-refractivity contribution is 0.313. The minimum absolute atomic E-state index is 0.304. The molecule has 2 aromatic rings. The number of hydrogen-bond donors (Lipinski definition) is 1. The average molecular weight is 286 g/mol. The second-order valence-electron chi connectivity index (χ2n) is 5.72. The maximum atomic E-state index is 5.95. The molecule has 0 bridgehead atoms. The quantitative estimate of drug-likeness (QED) is 0.941. The molecular formula is C16H22N4O. The number of hydrogen-bond acceptors (Lipinski definition) is 4. The topological polar surface area (TPSA) is 52.0 Å². The van der Waals surface area contributed by atoms with E-state index in [0.717, 1.165) is 31.0 Å². The number of aryl methyl sites for hydroxylation is 3. The van der Waals surface area contributed by atoms with E-state index in [-0.39, 0.29) is 0 Å². The van der Waals surface area contributed by atoms with Gasteiger partial charge < -0.3 is 10.1 Å². The zero-order valence-corrected chi connectivity index (χ0v) is 12.9. The predicted octanol–water partition coefficient (Wildman–Crippen LogP) is 2.44. The van der Waals surface area contributed by atoms with Gasteiger partial charge in [-0.3, -0.25) is 4.68 Å². The molecule has 1 aliphatic rings. The number of benzene rings is 1. The standard InChI is InChI=1S/C16H22N4O/c1-11-7-12(2)16-13(8-11)14(5-4-6-21-16)17-9-15-18-10-19-20(15)3/h7-8,10,14,17H,4-6,9H2,1-3H3/t14-/m0/s1. The zero-order chi connectivity index (χ0) is 14.8. The molecular weight excluding hydrogens is 264 g/mol. The van der Waals surface area contributed by atoms with Crippen molar-refractivity contribution >= 4 is 0 Å². The highest BCUT2D eigenvalue weighted by molar-refractivity contribution is 5.46. The summed E-state index contributed by atoms with van der Waals surface area (Å²) in [6.45, 7) is 5.77. The fourth-order valence-electron chi connectivity index (χ4n) is 2.97. The fourth-order valence-corrected chi connectivity index (χ4v) is 2.97. The van der Waals surface area contributed by atoms with Gasteiger partial charge in [-0.15, -0.1) is 0 Å². The zero-order valence-electron chi connectivity index (χ0n) is 12.9. The Hall–Kier alpha value is -1.88. The van der Waals surface area contributed by atoms with Gasteiger partial charge in [0.25, 0.3) is 0 Å². The second-order valence-corrected chi connectivity index (χ2v) is 5.72. The lowest BCUT2D eigenvalue weighted by Crippen LogP contribution is -2.22. The van der Waals surface area contributed by atoms with Crippen molar-refractivity contribution in [3.63, 3.8) is 0 Å². The van der Waals surface area contributed by atoms with E-state index in [9.17, 15) is 0 Å². The Balaban J connectivity index is 1.84. The van der Waals surface area contributed by atoms with Gasteiger partial charge in [0.05, 0.1) is 13.2 Å². The predicted molar refractivity (Wildman–Crippen MR) is 81.2 cm³/mol. The van der Waals surface area contributed by atoms with Crippen molar-refractivity contribution in [3.8, 4) is 5.75 Å². The normalized spacial score (nSPS) is 18.0. The Morgan fingerprint density at radius 2 is 2.24 bits per heavy atom. The maximum absolute atomic E-state index is 5.95. The number of nitrogens with zero attached hydrogens (tertiary/aromatic N) is 3. The summed E-state index contributed by atoms with van der Waals surface area (Å²) in [6.07, 6.45) is 3.73. The highest BCUT2D eigenvalue weighted by Gasteiger charge is 2.21. The van der Waals surface area contributed by atoms with Crippen LogP contribution in [0.1, 0.15) is 41.4 Å². The van der Waals surface area contributed by atoms with Crippen molar-refractivity contribution in [2.45, 2.75) is 39.3 Å². The first-order valence-electron chi connectivity index (χ1n) is 7.45. The van der Waals surface area contributed by atoms with Crippen molar-refractivity contribution in [1.82, 2.24) is 20.1 Å². The molecule has 0 fully saturated rings. The average Bonchev–Trinajstić information content (AvgIpc) is 2.73. The summed E-state index contributed by atoms with van der Waals surface area (Å²) in [7, 11) is 1.92. The van der Waals surface area contributed by atoms with Crippen LogP contribution < -0.4 is 10.1 Å². The lowest BCUT2D eigenvalue weighted by atomic mass is 9.97. The number of fused-ring (bicyclic) bond motifs is 1. The van der Waals surface area contributed by atoms with Crippen LogP contribution in [0.25, 0.3) is 0 Å². The van der Waals surface area contributed by atoms with Crippen LogP contribution in [-0.4, -0.2) is 21.4 Å². The molecule has 1 aliphatic heterocycles. The Labute approximate surface area is 125 Å². The Morgan fingerprint density at radius 1 is 1.38 bits per heavy atom. The summed E-state index contributed by atoms with van der Waals surface area (Å²) in [6, 6.07) is 4.73. The van der Waals surface area contributed by atoms with Gasteiger partial charge in [0, 0.05) is 18.7 Å². The first-order valence-corrected chi connectivity index (χ1v) is 7.45. The molecule has 112 valence electrons. The first-order chi connectivity index (χ1) is 10.1. The maximum Gasteiger partial charge on any atom is 0.140 e. The number of rotatable bonds is 3. The largest absolute Gasteiger partial charge is 0.493 e. The van der Waals surface area contributed by atoms with Crippen LogP contribution in [0, 0.1) is 13.8 Å². The molecule has 5 nitrogen and oxygen atoms in total. The molecule has 0 radical (unpaired) electrons. The third kappa shape index (κ3) is 2.93. The van der Waals surface area contributed by atoms with Gasteiger partial charge in [0.2, 0.25) is 0 Å². The molecule has 21 heavy (non-hydrogen) atoms. The van der Waals surface area contributed by atoms with E-state index in [0.29, 0.717) is 12.6 Å². The van der Waals surface area contributed by atoms with E-state index in [1.54, 1.807) is 6.33 Å². The number of aromatic nitrogens is 3. The molecule has 0 saturated heterocycles. The van der Waals surface area contributed by atoms with Crippen LogP contribution >= 0.6 is 0 Å². The van der Waals surface area contributed by atoms with Gasteiger partial charge in [-0.05, 0) is 32.3 Å². The van der Waals surface area contributed by atoms with Crippen molar-refractivity contribution in [3.05, 3.63) is 41.0 Å². The number of nitrogens with one attached hydrogen (secondary N) is 1. The van der Waals surface area contributed by atoms with Crippen LogP contribution in [0.2, 0.25) is 0 Å². The Bertz CT molecular complexity index is 635. The fraction of sp³-hybridized carbons (Fsp3) is 0.500. The van der Waals surface area contributed by atoms with Crippen LogP contribution in [0.15, 0.2) is 18.5 Å². The molecule has 0 saturated carbocycles. The smallest absolute Gasteiger partial charge is 0.140 e. The summed E-state index contributed by atoms with van der Waals surface area (Å²) in [4.78, 5) is 4.27. The van der Waals surface area contributed by atoms with Gasteiger partial charge in [0.1, 0.15) is 17.9 Å². The van der Waals surface area contributed by atoms with Crippen LogP contribution in [0.5, 0.6) is 5.75 Å². The molecule has 1 atom stereocenters. The minimum Gasteiger partial charge on any atom is -0.493 e. The van der Waals surface area contributed by atoms with Gasteiger partial charge in [-0.2, -0.15) is 5.10 Å². The van der Waals surface area contributed by atoms with Crippen LogP contribution in [-0.2, 0) is 13.6 Å². The summed E-state index contributed by atoms with van der Waals surface area (Å²) in [5, 5.41) is 7.72. The molecule has 3 rings (SSSR count). The van der Waals surface area contributed by atoms with Gasteiger partial charge >= 0.3 is 0 Å². The van der Waals surface area contributed by atoms with E-state index < -0.39 is 0 Å². The minimum atomic E-state index is 0.304. The van der Waals surface area contributed by atoms with Crippen LogP contribution in [0.4, 0.5) is 0 Å². The summed E-state index contributed by atoms with van der Waals surface area (Å²) in [5.41, 5.74) is 3.77. The van der Waals surface area contributed by atoms with E-state index in [4.69, 9.17) is 4.74 Å². The monoisotopic (exact) mass is 286 g/mol. The van der Waals surface area contributed by atoms with Crippen molar-refractivity contribution < 1.29 is 4.74 Å². The van der Waals surface area contributed by atoms with Crippen molar-refractivity contribution in [2.24, 2.45) is 7.05 Å². The molecule has 1 aromatic heterocycles. The Morgan fingerprint density at radius 3 is 3.00 bits per heavy atom. The molecule has 2 heterocycles. The highest BCUT2D eigenvalue weighted by Crippen LogP contribution is 2.35. The lowest BCUT2D eigenvalue weighted by Gasteiger charge is -2.20. The highest BCUT2D eigenvalue weighted by atomic mass is 16.5. The summed E-state index contributed by atoms with van der Waals surface area (Å²) >= 11 is 0. The van der Waals surface area contributed by atoms with Gasteiger partial charge in [-0.1, -0.05) is 17.7 Å². The van der Waals surface area contributed by atoms with E-state index in [2.05, 4.69) is 41.4 Å². The summed E-state index contributed by atoms with van der Waals surface area (Å²) < 4.78 is 7.76. The van der Waals surface area contributed by atoms with E-state index in [1.807, 2.05) is 11.7 Å². The SMILES string of the molecule is Cc1cc(C)c2c(c1)[C@@H](NCc1ncnn1C)CCCO2. The van der Waals surface area contributed by atoms with Gasteiger partial charge in [-0.25, -0.2) is 4.98 Å². The third-order valence-electron chi connectivity index (χ3n) is 4.02. The van der Waals surface area contributed by atoms with Crippen molar-refractivity contribution in [1.29, 1.82) is 0 Å². The molecule has 0 unspecified atom stereocenters. The van der Waals surface area contributed by atoms with Gasteiger partial charge in [0.15, 0.2) is 0 Å². The number of ether oxygens (including phenoxy) is 1. The molecule has 0 aliphatic carbocycles. The molecule has 0 spiro atoms. The van der Waals surface area contributed by atoms with E-state index in [1.165, 1.54) is 16.7 Å². The molecule has 5 heteroatoms. The van der Waals surface area contributed by atoms with Crippen molar-refractivity contribution in [2.75, 3.05) is 6.61 Å². The molecule has 0 amide bonds. The van der Waals surface area contributed by atoms with Crippen LogP contribution in [0.3, 0.4) is 0 Å². The summed E-state index contributed by atoms with van der Waals surface area (Å²) in [5.74, 6) is 2.00. The Kier molecular flexibility index (Phi) is 3.92. The van der Waals surface area contributed by atoms with E-state index >= 15 is 0 Å². The molecule has 1 aromatic carbocycles.